The summed E-state index contributed by atoms with van der Waals surface area (Å²) in [5, 5.41) is 22.5. The van der Waals surface area contributed by atoms with Crippen molar-refractivity contribution in [2.24, 2.45) is 0 Å². The molecule has 1 aliphatic rings. The van der Waals surface area contributed by atoms with Gasteiger partial charge in [0, 0.05) is 0 Å². The average molecular weight is 143 g/mol. The molecule has 0 radical (unpaired) electrons. The summed E-state index contributed by atoms with van der Waals surface area (Å²) in [5.74, 6) is 2.12. The van der Waals surface area contributed by atoms with Gasteiger partial charge in [0.15, 0.2) is 0 Å². The van der Waals surface area contributed by atoms with Crippen molar-refractivity contribution in [2.75, 3.05) is 0 Å². The highest BCUT2D eigenvalue weighted by atomic mass is 14.4. The van der Waals surface area contributed by atoms with E-state index in [1.165, 1.54) is 18.2 Å². The Bertz CT molecular complexity index is 346. The molecular weight excluding hydrogens is 138 g/mol. The molecule has 0 aromatic heterocycles. The second-order valence-electron chi connectivity index (χ2n) is 2.00. The number of allylic oxidation sites excluding steroid dienone is 5. The lowest BCUT2D eigenvalue weighted by Crippen LogP contribution is -1.97. The Balaban J connectivity index is 3.18. The van der Waals surface area contributed by atoms with Crippen molar-refractivity contribution in [2.45, 2.75) is 0 Å². The summed E-state index contributed by atoms with van der Waals surface area (Å²) in [4.78, 5) is 0. The molecule has 0 aliphatic heterocycles. The quantitative estimate of drug-likeness (QED) is 0.491. The minimum absolute atomic E-state index is 0.278. The van der Waals surface area contributed by atoms with Crippen molar-refractivity contribution < 1.29 is 0 Å². The molecule has 52 valence electrons. The van der Waals surface area contributed by atoms with Crippen molar-refractivity contribution in [3.8, 4) is 6.07 Å². The van der Waals surface area contributed by atoms with Crippen LogP contribution < -0.4 is 0 Å². The number of rotatable bonds is 0. The smallest absolute Gasteiger partial charge is 0.101 e. The number of hydrogen-bond donors (Lipinski definition) is 2. The summed E-state index contributed by atoms with van der Waals surface area (Å²) in [6, 6.07) is 1.88. The molecular formula is C8H5N3. The molecule has 0 atom stereocenters. The Morgan fingerprint density at radius 2 is 2.09 bits per heavy atom. The number of nitrogens with one attached hydrogen (secondary N) is 2. The predicted octanol–water partition coefficient (Wildman–Crippen LogP) is 1.20. The van der Waals surface area contributed by atoms with Gasteiger partial charge in [-0.2, -0.15) is 5.26 Å². The lowest BCUT2D eigenvalue weighted by Gasteiger charge is -2.00. The fraction of sp³-hybridized carbons (Fsp3) is 0. The first-order valence-corrected chi connectivity index (χ1v) is 2.96. The molecule has 0 bridgehead atoms. The van der Waals surface area contributed by atoms with Crippen LogP contribution in [-0.2, 0) is 0 Å². The van der Waals surface area contributed by atoms with Gasteiger partial charge in [-0.3, -0.25) is 5.41 Å². The van der Waals surface area contributed by atoms with E-state index < -0.39 is 0 Å². The van der Waals surface area contributed by atoms with Crippen molar-refractivity contribution in [1.29, 1.82) is 16.1 Å². The highest BCUT2D eigenvalue weighted by molar-refractivity contribution is 6.06. The van der Waals surface area contributed by atoms with E-state index in [4.69, 9.17) is 16.1 Å². The topological polar surface area (TPSA) is 71.5 Å². The first-order chi connectivity index (χ1) is 5.27. The Hall–Kier alpha value is -1.91. The zero-order valence-corrected chi connectivity index (χ0v) is 5.68. The molecule has 11 heavy (non-hydrogen) atoms. The van der Waals surface area contributed by atoms with E-state index in [0.29, 0.717) is 11.1 Å². The van der Waals surface area contributed by atoms with Gasteiger partial charge in [0.25, 0.3) is 0 Å². The number of nitriles is 1. The molecule has 0 unspecified atom stereocenters. The molecule has 3 nitrogen and oxygen atoms in total. The van der Waals surface area contributed by atoms with Crippen LogP contribution in [0.5, 0.6) is 0 Å². The van der Waals surface area contributed by atoms with Crippen molar-refractivity contribution in [3.05, 3.63) is 29.4 Å². The molecule has 1 aliphatic carbocycles. The van der Waals surface area contributed by atoms with Gasteiger partial charge in [-0.25, -0.2) is 0 Å². The van der Waals surface area contributed by atoms with Gasteiger partial charge in [0.2, 0.25) is 0 Å². The van der Waals surface area contributed by atoms with Crippen LogP contribution in [0.15, 0.2) is 29.4 Å². The molecule has 0 aromatic rings. The average Bonchev–Trinajstić information content (AvgIpc) is 2.04. The van der Waals surface area contributed by atoms with Gasteiger partial charge in [0.05, 0.1) is 16.9 Å². The molecule has 0 saturated heterocycles. The van der Waals surface area contributed by atoms with Crippen LogP contribution in [0, 0.1) is 22.1 Å². The molecule has 0 saturated carbocycles. The largest absolute Gasteiger partial charge is 0.301 e. The summed E-state index contributed by atoms with van der Waals surface area (Å²) in [5.41, 5.74) is 1.04. The SMILES string of the molecule is N#CC1=CC(=N)C=CC1=C=N. The standard InChI is InChI=1S/C8H5N3/c9-4-6-1-2-8(11)3-7(6)5-10/h1-3,9,11H. The Labute approximate surface area is 64.0 Å². The first-order valence-electron chi connectivity index (χ1n) is 2.96. The van der Waals surface area contributed by atoms with E-state index in [0.717, 1.165) is 0 Å². The van der Waals surface area contributed by atoms with Crippen LogP contribution >= 0.6 is 0 Å². The van der Waals surface area contributed by atoms with Crippen LogP contribution in [0.1, 0.15) is 0 Å². The van der Waals surface area contributed by atoms with Crippen LogP contribution in [0.4, 0.5) is 0 Å². The molecule has 3 heteroatoms. The van der Waals surface area contributed by atoms with Gasteiger partial charge < -0.3 is 5.41 Å². The molecule has 0 amide bonds. The second-order valence-corrected chi connectivity index (χ2v) is 2.00. The lowest BCUT2D eigenvalue weighted by molar-refractivity contribution is 1.44. The van der Waals surface area contributed by atoms with Crippen molar-refractivity contribution in [1.82, 2.24) is 0 Å². The predicted molar refractivity (Wildman–Crippen MR) is 41.8 cm³/mol. The number of hydrogen-bond acceptors (Lipinski definition) is 3. The maximum Gasteiger partial charge on any atom is 0.101 e. The lowest BCUT2D eigenvalue weighted by atomic mass is 10.0. The van der Waals surface area contributed by atoms with Crippen LogP contribution in [-0.4, -0.2) is 11.6 Å². The van der Waals surface area contributed by atoms with Gasteiger partial charge in [0.1, 0.15) is 6.07 Å². The molecule has 0 heterocycles. The van der Waals surface area contributed by atoms with Crippen LogP contribution in [0.25, 0.3) is 0 Å². The third-order valence-corrected chi connectivity index (χ3v) is 1.27. The van der Waals surface area contributed by atoms with Crippen LogP contribution in [0.3, 0.4) is 0 Å². The van der Waals surface area contributed by atoms with Crippen molar-refractivity contribution in [3.63, 3.8) is 0 Å². The highest BCUT2D eigenvalue weighted by Gasteiger charge is 2.05. The zero-order chi connectivity index (χ0) is 8.27. The van der Waals surface area contributed by atoms with E-state index in [2.05, 4.69) is 5.87 Å². The third kappa shape index (κ3) is 1.32. The van der Waals surface area contributed by atoms with Crippen molar-refractivity contribution >= 4 is 11.6 Å². The zero-order valence-electron chi connectivity index (χ0n) is 5.68. The van der Waals surface area contributed by atoms with E-state index in [1.54, 1.807) is 0 Å². The minimum atomic E-state index is 0.278. The fourth-order valence-electron chi connectivity index (χ4n) is 0.746. The van der Waals surface area contributed by atoms with Gasteiger partial charge in [-0.15, -0.1) is 0 Å². The van der Waals surface area contributed by atoms with Gasteiger partial charge in [-0.1, -0.05) is 0 Å². The normalized spacial score (nSPS) is 15.4. The molecule has 0 fully saturated rings. The molecule has 2 N–H and O–H groups in total. The second kappa shape index (κ2) is 2.78. The molecule has 0 spiro atoms. The summed E-state index contributed by atoms with van der Waals surface area (Å²) < 4.78 is 0. The summed E-state index contributed by atoms with van der Waals surface area (Å²) in [6.07, 6.45) is 4.47. The number of nitrogens with zero attached hydrogens (tertiary/aromatic N) is 1. The summed E-state index contributed by atoms with van der Waals surface area (Å²) in [6.45, 7) is 0. The highest BCUT2D eigenvalue weighted by Crippen LogP contribution is 2.11. The van der Waals surface area contributed by atoms with E-state index in [-0.39, 0.29) is 5.71 Å². The minimum Gasteiger partial charge on any atom is -0.301 e. The van der Waals surface area contributed by atoms with Crippen LogP contribution in [0.2, 0.25) is 0 Å². The first kappa shape index (κ1) is 7.20. The maximum absolute atomic E-state index is 8.52. The van der Waals surface area contributed by atoms with E-state index >= 15 is 0 Å². The monoisotopic (exact) mass is 143 g/mol. The molecule has 0 aromatic carbocycles. The molecule has 1 rings (SSSR count). The Morgan fingerprint density at radius 3 is 2.64 bits per heavy atom. The Morgan fingerprint density at radius 1 is 1.36 bits per heavy atom. The fourth-order valence-corrected chi connectivity index (χ4v) is 0.746. The van der Waals surface area contributed by atoms with E-state index in [1.807, 2.05) is 6.07 Å². The Kier molecular flexibility index (Phi) is 1.82. The maximum atomic E-state index is 8.52. The third-order valence-electron chi connectivity index (χ3n) is 1.27. The van der Waals surface area contributed by atoms with Gasteiger partial charge >= 0.3 is 0 Å². The van der Waals surface area contributed by atoms with Gasteiger partial charge in [-0.05, 0) is 24.1 Å². The van der Waals surface area contributed by atoms with E-state index in [9.17, 15) is 0 Å². The summed E-state index contributed by atoms with van der Waals surface area (Å²) in [7, 11) is 0. The summed E-state index contributed by atoms with van der Waals surface area (Å²) >= 11 is 0.